The molecule has 0 atom stereocenters. The van der Waals surface area contributed by atoms with Crippen molar-refractivity contribution in [2.24, 2.45) is 0 Å². The molecule has 0 saturated carbocycles. The molecule has 116 valence electrons. The van der Waals surface area contributed by atoms with E-state index >= 15 is 0 Å². The summed E-state index contributed by atoms with van der Waals surface area (Å²) in [5.74, 6) is -0.334. The topological polar surface area (TPSA) is 56.5 Å². The molecule has 4 rings (SSSR count). The molecule has 0 aromatic carbocycles. The summed E-state index contributed by atoms with van der Waals surface area (Å²) in [6.45, 7) is 0. The van der Waals surface area contributed by atoms with Gasteiger partial charge in [0.25, 0.3) is 0 Å². The minimum absolute atomic E-state index is 0.334. The fourth-order valence-corrected chi connectivity index (χ4v) is 3.27. The molecule has 1 aliphatic rings. The molecule has 0 aliphatic heterocycles. The van der Waals surface area contributed by atoms with Gasteiger partial charge in [-0.15, -0.1) is 11.3 Å². The summed E-state index contributed by atoms with van der Waals surface area (Å²) in [7, 11) is 1.37. The number of carbonyl (C=O) groups is 1. The van der Waals surface area contributed by atoms with E-state index in [1.807, 2.05) is 29.8 Å². The van der Waals surface area contributed by atoms with Crippen LogP contribution in [0, 0.1) is 0 Å². The summed E-state index contributed by atoms with van der Waals surface area (Å²) in [5.41, 5.74) is 10.3. The molecule has 0 bridgehead atoms. The van der Waals surface area contributed by atoms with Gasteiger partial charge in [0.1, 0.15) is 4.88 Å². The molecular formula is C18H11N3O2S. The second kappa shape index (κ2) is 5.80. The van der Waals surface area contributed by atoms with Crippen LogP contribution in [-0.2, 0) is 4.74 Å². The first-order valence-corrected chi connectivity index (χ1v) is 8.03. The first-order chi connectivity index (χ1) is 11.8. The molecule has 6 heteroatoms. The fraction of sp³-hybridized carbons (Fsp3) is 0.0556. The molecule has 0 spiro atoms. The molecule has 5 nitrogen and oxygen atoms in total. The van der Waals surface area contributed by atoms with Crippen molar-refractivity contribution in [2.45, 2.75) is 0 Å². The average Bonchev–Trinajstić information content (AvgIpc) is 3.28. The zero-order valence-electron chi connectivity index (χ0n) is 12.7. The molecule has 0 fully saturated rings. The van der Waals surface area contributed by atoms with Gasteiger partial charge in [0, 0.05) is 23.5 Å². The van der Waals surface area contributed by atoms with Gasteiger partial charge in [-0.1, -0.05) is 11.5 Å². The highest BCUT2D eigenvalue weighted by Crippen LogP contribution is 2.27. The van der Waals surface area contributed by atoms with Crippen molar-refractivity contribution in [3.8, 4) is 11.1 Å². The van der Waals surface area contributed by atoms with Crippen molar-refractivity contribution in [3.05, 3.63) is 70.2 Å². The van der Waals surface area contributed by atoms with Gasteiger partial charge in [-0.3, -0.25) is 0 Å². The van der Waals surface area contributed by atoms with Gasteiger partial charge in [-0.05, 0) is 40.8 Å². The third-order valence-corrected chi connectivity index (χ3v) is 4.55. The minimum Gasteiger partial charge on any atom is -0.465 e. The molecule has 0 radical (unpaired) electrons. The smallest absolute Gasteiger partial charge is 0.348 e. The lowest BCUT2D eigenvalue weighted by molar-refractivity contribution is 0.0606. The van der Waals surface area contributed by atoms with Crippen molar-refractivity contribution in [2.75, 3.05) is 7.11 Å². The van der Waals surface area contributed by atoms with Crippen LogP contribution in [0.15, 0.2) is 59.7 Å². The lowest BCUT2D eigenvalue weighted by atomic mass is 10.1. The van der Waals surface area contributed by atoms with Crippen LogP contribution in [0.3, 0.4) is 0 Å². The number of thiophene rings is 1. The van der Waals surface area contributed by atoms with Crippen LogP contribution in [0.4, 0.5) is 0 Å². The number of methoxy groups -OCH3 is 1. The summed E-state index contributed by atoms with van der Waals surface area (Å²) in [6.07, 6.45) is 11.1. The van der Waals surface area contributed by atoms with Crippen LogP contribution >= 0.6 is 11.3 Å². The number of aromatic nitrogens is 3. The molecule has 3 aromatic rings. The Bertz CT molecular complexity index is 1090. The highest BCUT2D eigenvalue weighted by molar-refractivity contribution is 7.12. The van der Waals surface area contributed by atoms with Crippen molar-refractivity contribution >= 4 is 28.5 Å². The van der Waals surface area contributed by atoms with E-state index in [0.717, 1.165) is 27.9 Å². The van der Waals surface area contributed by atoms with E-state index in [0.29, 0.717) is 4.88 Å². The number of ether oxygens (including phenoxy) is 1. The van der Waals surface area contributed by atoms with Crippen LogP contribution in [0.1, 0.15) is 15.2 Å². The molecule has 1 aliphatic carbocycles. The number of hydrogen-bond acceptors (Lipinski definition) is 5. The quantitative estimate of drug-likeness (QED) is 0.544. The van der Waals surface area contributed by atoms with Crippen molar-refractivity contribution in [3.63, 3.8) is 0 Å². The van der Waals surface area contributed by atoms with Gasteiger partial charge < -0.3 is 4.74 Å². The van der Waals surface area contributed by atoms with Crippen LogP contribution < -0.4 is 0 Å². The first kappa shape index (κ1) is 14.4. The van der Waals surface area contributed by atoms with Gasteiger partial charge in [0.15, 0.2) is 5.65 Å². The first-order valence-electron chi connectivity index (χ1n) is 7.15. The van der Waals surface area contributed by atoms with Crippen molar-refractivity contribution in [1.82, 2.24) is 14.6 Å². The van der Waals surface area contributed by atoms with Crippen molar-refractivity contribution < 1.29 is 9.53 Å². The highest BCUT2D eigenvalue weighted by atomic mass is 32.1. The van der Waals surface area contributed by atoms with E-state index < -0.39 is 0 Å². The molecule has 3 heterocycles. The summed E-state index contributed by atoms with van der Waals surface area (Å²) in [5, 5.41) is 6.29. The van der Waals surface area contributed by atoms with Gasteiger partial charge in [-0.2, -0.15) is 5.10 Å². The van der Waals surface area contributed by atoms with E-state index in [2.05, 4.69) is 21.5 Å². The number of carbonyl (C=O) groups excluding carboxylic acids is 1. The summed E-state index contributed by atoms with van der Waals surface area (Å²) in [6, 6.07) is 1.80. The van der Waals surface area contributed by atoms with Gasteiger partial charge >= 0.3 is 5.97 Å². The fourth-order valence-electron chi connectivity index (χ4n) is 2.44. The number of hydrogen-bond donors (Lipinski definition) is 0. The number of fused-ring (bicyclic) bond motifs is 1. The molecular weight excluding hydrogens is 322 g/mol. The van der Waals surface area contributed by atoms with E-state index in [4.69, 9.17) is 4.74 Å². The summed E-state index contributed by atoms with van der Waals surface area (Å²) in [4.78, 5) is 16.7. The SMILES string of the molecule is COC(=O)c1cc(-c2cnc3c(C4=CC=C=C=C4)cnn3c2)cs1. The predicted octanol–water partition coefficient (Wildman–Crippen LogP) is 3.51. The Labute approximate surface area is 141 Å². The van der Waals surface area contributed by atoms with Crippen LogP contribution in [-0.4, -0.2) is 27.7 Å². The largest absolute Gasteiger partial charge is 0.465 e. The molecule has 0 saturated heterocycles. The third-order valence-electron chi connectivity index (χ3n) is 3.64. The molecule has 0 N–H and O–H groups in total. The Morgan fingerprint density at radius 2 is 2.21 bits per heavy atom. The maximum atomic E-state index is 11.6. The maximum absolute atomic E-state index is 11.6. The number of allylic oxidation sites excluding steroid dienone is 4. The Hall–Kier alpha value is -3.17. The van der Waals surface area contributed by atoms with E-state index in [1.165, 1.54) is 18.4 Å². The normalized spacial score (nSPS) is 12.6. The predicted molar refractivity (Wildman–Crippen MR) is 91.8 cm³/mol. The van der Waals surface area contributed by atoms with Gasteiger partial charge in [0.05, 0.1) is 13.3 Å². The lowest BCUT2D eigenvalue weighted by Gasteiger charge is -2.01. The molecule has 0 unspecified atom stereocenters. The Morgan fingerprint density at radius 1 is 1.29 bits per heavy atom. The minimum atomic E-state index is -0.334. The van der Waals surface area contributed by atoms with Gasteiger partial charge in [0.2, 0.25) is 0 Å². The highest BCUT2D eigenvalue weighted by Gasteiger charge is 2.13. The Morgan fingerprint density at radius 3 is 3.00 bits per heavy atom. The molecule has 3 aromatic heterocycles. The lowest BCUT2D eigenvalue weighted by Crippen LogP contribution is -1.97. The van der Waals surface area contributed by atoms with E-state index in [-0.39, 0.29) is 5.97 Å². The Balaban J connectivity index is 1.73. The number of nitrogens with zero attached hydrogens (tertiary/aromatic N) is 3. The average molecular weight is 333 g/mol. The second-order valence-corrected chi connectivity index (χ2v) is 5.99. The van der Waals surface area contributed by atoms with Gasteiger partial charge in [-0.25, -0.2) is 14.3 Å². The van der Waals surface area contributed by atoms with E-state index in [1.54, 1.807) is 23.0 Å². The van der Waals surface area contributed by atoms with E-state index in [9.17, 15) is 4.79 Å². The third kappa shape index (κ3) is 2.41. The second-order valence-electron chi connectivity index (χ2n) is 5.08. The summed E-state index contributed by atoms with van der Waals surface area (Å²) < 4.78 is 6.47. The van der Waals surface area contributed by atoms with Crippen LogP contribution in [0.5, 0.6) is 0 Å². The summed E-state index contributed by atoms with van der Waals surface area (Å²) >= 11 is 1.34. The zero-order valence-corrected chi connectivity index (χ0v) is 13.5. The maximum Gasteiger partial charge on any atom is 0.348 e. The monoisotopic (exact) mass is 333 g/mol. The number of rotatable bonds is 3. The Kier molecular flexibility index (Phi) is 3.48. The molecule has 24 heavy (non-hydrogen) atoms. The van der Waals surface area contributed by atoms with Crippen molar-refractivity contribution in [1.29, 1.82) is 0 Å². The molecule has 0 amide bonds. The van der Waals surface area contributed by atoms with Crippen LogP contribution in [0.2, 0.25) is 0 Å². The zero-order chi connectivity index (χ0) is 16.5. The van der Waals surface area contributed by atoms with Crippen LogP contribution in [0.25, 0.3) is 22.3 Å². The number of esters is 1. The standard InChI is InChI=1S/C18H11N3O2S/c1-23-18(22)16-7-13(11-24-16)14-8-19-17-15(9-20-21(17)10-14)12-5-3-2-4-6-12/h3,5-11H,1H3.